The van der Waals surface area contributed by atoms with Gasteiger partial charge in [-0.15, -0.1) is 0 Å². The molecule has 0 spiro atoms. The number of anilines is 1. The number of nitrogens with two attached hydrogens (primary N) is 1. The molecule has 1 unspecified atom stereocenters. The SMILES string of the molecule is CC(N)Cc1cccnc1N(C)Cc1cccc(Br)c1. The first-order chi connectivity index (χ1) is 9.56. The van der Waals surface area contributed by atoms with Crippen LogP contribution in [0.1, 0.15) is 18.1 Å². The summed E-state index contributed by atoms with van der Waals surface area (Å²) in [5.41, 5.74) is 8.36. The van der Waals surface area contributed by atoms with Crippen molar-refractivity contribution in [3.63, 3.8) is 0 Å². The second-order valence-electron chi connectivity index (χ2n) is 5.15. The highest BCUT2D eigenvalue weighted by molar-refractivity contribution is 9.10. The third-order valence-electron chi connectivity index (χ3n) is 3.08. The molecule has 20 heavy (non-hydrogen) atoms. The van der Waals surface area contributed by atoms with Gasteiger partial charge in [-0.3, -0.25) is 0 Å². The van der Waals surface area contributed by atoms with Crippen LogP contribution in [-0.2, 0) is 13.0 Å². The highest BCUT2D eigenvalue weighted by Crippen LogP contribution is 2.20. The molecule has 0 amide bonds. The fourth-order valence-electron chi connectivity index (χ4n) is 2.26. The highest BCUT2D eigenvalue weighted by Gasteiger charge is 2.10. The van der Waals surface area contributed by atoms with Crippen LogP contribution < -0.4 is 10.6 Å². The molecular formula is C16H20BrN3. The first kappa shape index (κ1) is 15.0. The maximum atomic E-state index is 5.91. The van der Waals surface area contributed by atoms with E-state index in [1.54, 1.807) is 0 Å². The lowest BCUT2D eigenvalue weighted by molar-refractivity contribution is 0.730. The predicted molar refractivity (Wildman–Crippen MR) is 87.8 cm³/mol. The molecule has 4 heteroatoms. The molecule has 0 aliphatic heterocycles. The molecule has 1 aromatic carbocycles. The third-order valence-corrected chi connectivity index (χ3v) is 3.57. The van der Waals surface area contributed by atoms with Crippen LogP contribution >= 0.6 is 15.9 Å². The van der Waals surface area contributed by atoms with Crippen molar-refractivity contribution in [2.75, 3.05) is 11.9 Å². The van der Waals surface area contributed by atoms with E-state index in [1.807, 2.05) is 25.3 Å². The van der Waals surface area contributed by atoms with Crippen LogP contribution in [0.5, 0.6) is 0 Å². The summed E-state index contributed by atoms with van der Waals surface area (Å²) in [5, 5.41) is 0. The molecule has 0 saturated carbocycles. The number of benzene rings is 1. The topological polar surface area (TPSA) is 42.1 Å². The average Bonchev–Trinajstić information content (AvgIpc) is 2.38. The number of nitrogens with zero attached hydrogens (tertiary/aromatic N) is 2. The van der Waals surface area contributed by atoms with Gasteiger partial charge >= 0.3 is 0 Å². The van der Waals surface area contributed by atoms with Crippen molar-refractivity contribution in [2.24, 2.45) is 5.73 Å². The van der Waals surface area contributed by atoms with Crippen LogP contribution in [0.15, 0.2) is 47.1 Å². The van der Waals surface area contributed by atoms with E-state index in [0.717, 1.165) is 23.3 Å². The standard InChI is InChI=1S/C16H20BrN3/c1-12(18)9-14-6-4-8-19-16(14)20(2)11-13-5-3-7-15(17)10-13/h3-8,10,12H,9,11,18H2,1-2H3. The molecule has 1 aromatic heterocycles. The van der Waals surface area contributed by atoms with Crippen LogP contribution in [0.2, 0.25) is 0 Å². The first-order valence-electron chi connectivity index (χ1n) is 6.71. The minimum absolute atomic E-state index is 0.136. The summed E-state index contributed by atoms with van der Waals surface area (Å²) >= 11 is 3.50. The number of rotatable bonds is 5. The van der Waals surface area contributed by atoms with Crippen molar-refractivity contribution in [3.8, 4) is 0 Å². The van der Waals surface area contributed by atoms with Gasteiger partial charge in [0.2, 0.25) is 0 Å². The fourth-order valence-corrected chi connectivity index (χ4v) is 2.71. The van der Waals surface area contributed by atoms with Gasteiger partial charge in [-0.1, -0.05) is 34.1 Å². The normalized spacial score (nSPS) is 12.2. The Labute approximate surface area is 129 Å². The van der Waals surface area contributed by atoms with E-state index in [0.29, 0.717) is 0 Å². The molecule has 0 bridgehead atoms. The van der Waals surface area contributed by atoms with Crippen LogP contribution in [0.3, 0.4) is 0 Å². The lowest BCUT2D eigenvalue weighted by atomic mass is 10.1. The molecule has 0 saturated heterocycles. The van der Waals surface area contributed by atoms with E-state index in [1.165, 1.54) is 11.1 Å². The van der Waals surface area contributed by atoms with Gasteiger partial charge in [0, 0.05) is 30.3 Å². The lowest BCUT2D eigenvalue weighted by Crippen LogP contribution is -2.23. The van der Waals surface area contributed by atoms with Gasteiger partial charge in [0.25, 0.3) is 0 Å². The Balaban J connectivity index is 2.18. The summed E-state index contributed by atoms with van der Waals surface area (Å²) < 4.78 is 1.10. The smallest absolute Gasteiger partial charge is 0.131 e. The van der Waals surface area contributed by atoms with E-state index >= 15 is 0 Å². The van der Waals surface area contributed by atoms with Gasteiger partial charge in [-0.2, -0.15) is 0 Å². The van der Waals surface area contributed by atoms with Gasteiger partial charge in [0.15, 0.2) is 0 Å². The minimum atomic E-state index is 0.136. The van der Waals surface area contributed by atoms with Gasteiger partial charge in [-0.25, -0.2) is 4.98 Å². The summed E-state index contributed by atoms with van der Waals surface area (Å²) in [7, 11) is 2.06. The van der Waals surface area contributed by atoms with Crippen LogP contribution in [0.25, 0.3) is 0 Å². The number of pyridine rings is 1. The summed E-state index contributed by atoms with van der Waals surface area (Å²) in [6.45, 7) is 2.84. The van der Waals surface area contributed by atoms with E-state index in [2.05, 4.69) is 57.1 Å². The minimum Gasteiger partial charge on any atom is -0.355 e. The van der Waals surface area contributed by atoms with Crippen molar-refractivity contribution in [2.45, 2.75) is 25.9 Å². The Morgan fingerprint density at radius 1 is 1.30 bits per heavy atom. The van der Waals surface area contributed by atoms with Crippen molar-refractivity contribution in [1.29, 1.82) is 0 Å². The zero-order valence-corrected chi connectivity index (χ0v) is 13.5. The number of hydrogen-bond donors (Lipinski definition) is 1. The zero-order valence-electron chi connectivity index (χ0n) is 11.9. The number of aromatic nitrogens is 1. The van der Waals surface area contributed by atoms with Crippen LogP contribution in [0.4, 0.5) is 5.82 Å². The summed E-state index contributed by atoms with van der Waals surface area (Å²) in [6, 6.07) is 12.5. The van der Waals surface area contributed by atoms with Crippen molar-refractivity contribution >= 4 is 21.7 Å². The number of hydrogen-bond acceptors (Lipinski definition) is 3. The maximum absolute atomic E-state index is 5.91. The Morgan fingerprint density at radius 2 is 2.10 bits per heavy atom. The Hall–Kier alpha value is -1.39. The Kier molecular flexibility index (Phi) is 5.15. The Bertz CT molecular complexity index is 569. The van der Waals surface area contributed by atoms with E-state index in [9.17, 15) is 0 Å². The van der Waals surface area contributed by atoms with Gasteiger partial charge in [-0.05, 0) is 42.7 Å². The van der Waals surface area contributed by atoms with E-state index in [4.69, 9.17) is 5.73 Å². The predicted octanol–water partition coefficient (Wildman–Crippen LogP) is 3.37. The molecule has 3 nitrogen and oxygen atoms in total. The second-order valence-corrected chi connectivity index (χ2v) is 6.07. The largest absolute Gasteiger partial charge is 0.355 e. The quantitative estimate of drug-likeness (QED) is 0.912. The van der Waals surface area contributed by atoms with Crippen LogP contribution in [0, 0.1) is 0 Å². The van der Waals surface area contributed by atoms with Gasteiger partial charge < -0.3 is 10.6 Å². The second kappa shape index (κ2) is 6.86. The molecule has 0 radical (unpaired) electrons. The van der Waals surface area contributed by atoms with E-state index < -0.39 is 0 Å². The molecule has 0 fully saturated rings. The maximum Gasteiger partial charge on any atom is 0.131 e. The van der Waals surface area contributed by atoms with Crippen molar-refractivity contribution in [3.05, 3.63) is 58.2 Å². The third kappa shape index (κ3) is 4.05. The molecular weight excluding hydrogens is 314 g/mol. The lowest BCUT2D eigenvalue weighted by Gasteiger charge is -2.22. The first-order valence-corrected chi connectivity index (χ1v) is 7.50. The molecule has 0 aliphatic rings. The van der Waals surface area contributed by atoms with Gasteiger partial charge in [0.1, 0.15) is 5.82 Å². The summed E-state index contributed by atoms with van der Waals surface area (Å²) in [4.78, 5) is 6.68. The Morgan fingerprint density at radius 3 is 2.80 bits per heavy atom. The van der Waals surface area contributed by atoms with Crippen molar-refractivity contribution in [1.82, 2.24) is 4.98 Å². The average molecular weight is 334 g/mol. The fraction of sp³-hybridized carbons (Fsp3) is 0.312. The monoisotopic (exact) mass is 333 g/mol. The molecule has 2 rings (SSSR count). The van der Waals surface area contributed by atoms with Crippen LogP contribution in [-0.4, -0.2) is 18.1 Å². The molecule has 0 aliphatic carbocycles. The zero-order chi connectivity index (χ0) is 14.5. The summed E-state index contributed by atoms with van der Waals surface area (Å²) in [5.74, 6) is 1.00. The molecule has 1 atom stereocenters. The highest BCUT2D eigenvalue weighted by atomic mass is 79.9. The molecule has 2 N–H and O–H groups in total. The van der Waals surface area contributed by atoms with E-state index in [-0.39, 0.29) is 6.04 Å². The molecule has 2 aromatic rings. The molecule has 106 valence electrons. The molecule has 1 heterocycles. The number of halogens is 1. The summed E-state index contributed by atoms with van der Waals surface area (Å²) in [6.07, 6.45) is 2.67. The van der Waals surface area contributed by atoms with Gasteiger partial charge in [0.05, 0.1) is 0 Å². The van der Waals surface area contributed by atoms with Crippen molar-refractivity contribution < 1.29 is 0 Å².